The fourth-order valence-corrected chi connectivity index (χ4v) is 3.39. The molecule has 1 heterocycles. The zero-order chi connectivity index (χ0) is 18.9. The Morgan fingerprint density at radius 2 is 1.85 bits per heavy atom. The first-order chi connectivity index (χ1) is 13.3. The van der Waals surface area contributed by atoms with Crippen LogP contribution >= 0.6 is 11.8 Å². The third kappa shape index (κ3) is 5.52. The van der Waals surface area contributed by atoms with Gasteiger partial charge in [0.25, 0.3) is 0 Å². The van der Waals surface area contributed by atoms with Crippen LogP contribution in [0.15, 0.2) is 78.5 Å². The average Bonchev–Trinajstić information content (AvgIpc) is 3.15. The van der Waals surface area contributed by atoms with Crippen LogP contribution in [0, 0.1) is 0 Å². The van der Waals surface area contributed by atoms with Crippen molar-refractivity contribution in [1.82, 2.24) is 25.5 Å². The van der Waals surface area contributed by atoms with Crippen molar-refractivity contribution < 1.29 is 4.79 Å². The highest BCUT2D eigenvalue weighted by molar-refractivity contribution is 7.99. The van der Waals surface area contributed by atoms with Gasteiger partial charge >= 0.3 is 0 Å². The fraction of sp³-hybridized carbons (Fsp3) is 0.200. The molecule has 3 aromatic rings. The first kappa shape index (κ1) is 18.8. The summed E-state index contributed by atoms with van der Waals surface area (Å²) in [5, 5.41) is 15.2. The molecule has 1 unspecified atom stereocenters. The second-order valence-corrected chi connectivity index (χ2v) is 6.88. The molecule has 0 saturated carbocycles. The van der Waals surface area contributed by atoms with Gasteiger partial charge in [0.1, 0.15) is 0 Å². The summed E-state index contributed by atoms with van der Waals surface area (Å²) in [6.45, 7) is 4.19. The van der Waals surface area contributed by atoms with E-state index in [0.717, 1.165) is 12.0 Å². The Kier molecular flexibility index (Phi) is 6.76. The molecule has 1 N–H and O–H groups in total. The molecule has 138 valence electrons. The Bertz CT molecular complexity index is 866. The minimum absolute atomic E-state index is 0.0575. The molecule has 0 radical (unpaired) electrons. The number of thioether (sulfide) groups is 1. The summed E-state index contributed by atoms with van der Waals surface area (Å²) >= 11 is 1.31. The van der Waals surface area contributed by atoms with Crippen LogP contribution in [0.5, 0.6) is 0 Å². The molecule has 2 aromatic carbocycles. The molecule has 3 rings (SSSR count). The predicted molar refractivity (Wildman–Crippen MR) is 106 cm³/mol. The van der Waals surface area contributed by atoms with E-state index in [1.807, 2.05) is 48.5 Å². The Morgan fingerprint density at radius 3 is 2.56 bits per heavy atom. The highest BCUT2D eigenvalue weighted by atomic mass is 32.2. The Hall–Kier alpha value is -2.93. The number of tetrazole rings is 1. The number of nitrogens with zero attached hydrogens (tertiary/aromatic N) is 4. The Labute approximate surface area is 162 Å². The van der Waals surface area contributed by atoms with Crippen molar-refractivity contribution in [3.8, 4) is 0 Å². The van der Waals surface area contributed by atoms with E-state index in [-0.39, 0.29) is 17.7 Å². The Balaban J connectivity index is 1.65. The molecule has 7 heteroatoms. The summed E-state index contributed by atoms with van der Waals surface area (Å²) in [5.41, 5.74) is 2.26. The fourth-order valence-electron chi connectivity index (χ4n) is 2.69. The number of amides is 1. The minimum atomic E-state index is -0.0918. The van der Waals surface area contributed by atoms with Gasteiger partial charge < -0.3 is 5.32 Å². The topological polar surface area (TPSA) is 72.7 Å². The molecular weight excluding hydrogens is 358 g/mol. The maximum Gasteiger partial charge on any atom is 0.230 e. The first-order valence-corrected chi connectivity index (χ1v) is 9.63. The molecule has 27 heavy (non-hydrogen) atoms. The van der Waals surface area contributed by atoms with E-state index in [0.29, 0.717) is 11.7 Å². The number of carbonyl (C=O) groups excluding carboxylic acids is 1. The smallest absolute Gasteiger partial charge is 0.230 e. The number of nitrogens with one attached hydrogen (secondary N) is 1. The Morgan fingerprint density at radius 1 is 1.15 bits per heavy atom. The van der Waals surface area contributed by atoms with Crippen LogP contribution < -0.4 is 5.32 Å². The number of allylic oxidation sites excluding steroid dienone is 1. The zero-order valence-corrected chi connectivity index (χ0v) is 15.7. The van der Waals surface area contributed by atoms with E-state index in [9.17, 15) is 4.79 Å². The van der Waals surface area contributed by atoms with Gasteiger partial charge in [-0.25, -0.2) is 4.68 Å². The van der Waals surface area contributed by atoms with Crippen molar-refractivity contribution in [3.05, 3.63) is 84.4 Å². The van der Waals surface area contributed by atoms with E-state index in [1.54, 1.807) is 10.8 Å². The second kappa shape index (κ2) is 9.68. The predicted octanol–water partition coefficient (Wildman–Crippen LogP) is 3.05. The van der Waals surface area contributed by atoms with Crippen LogP contribution in [-0.2, 0) is 17.8 Å². The van der Waals surface area contributed by atoms with Gasteiger partial charge in [0, 0.05) is 0 Å². The monoisotopic (exact) mass is 379 g/mol. The minimum Gasteiger partial charge on any atom is -0.348 e. The standard InChI is InChI=1S/C20H21N5OS/c1-2-13-25-20(22-23-24-25)27-15-19(26)21-18(17-11-7-4-8-12-17)14-16-9-5-3-6-10-16/h2-12,18H,1,13-15H2,(H,21,26). The normalized spacial score (nSPS) is 11.7. The lowest BCUT2D eigenvalue weighted by molar-refractivity contribution is -0.119. The summed E-state index contributed by atoms with van der Waals surface area (Å²) < 4.78 is 1.61. The van der Waals surface area contributed by atoms with Gasteiger partial charge in [0.2, 0.25) is 11.1 Å². The van der Waals surface area contributed by atoms with Crippen molar-refractivity contribution in [3.63, 3.8) is 0 Å². The molecule has 0 spiro atoms. The average molecular weight is 379 g/mol. The van der Waals surface area contributed by atoms with Gasteiger partial charge in [-0.1, -0.05) is 78.5 Å². The largest absolute Gasteiger partial charge is 0.348 e. The summed E-state index contributed by atoms with van der Waals surface area (Å²) in [6.07, 6.45) is 2.45. The maximum absolute atomic E-state index is 12.6. The van der Waals surface area contributed by atoms with Gasteiger partial charge in [0.15, 0.2) is 0 Å². The van der Waals surface area contributed by atoms with Crippen molar-refractivity contribution in [2.75, 3.05) is 5.75 Å². The van der Waals surface area contributed by atoms with Crippen LogP contribution in [0.3, 0.4) is 0 Å². The lowest BCUT2D eigenvalue weighted by Gasteiger charge is -2.19. The molecule has 0 bridgehead atoms. The molecule has 0 saturated heterocycles. The number of hydrogen-bond donors (Lipinski definition) is 1. The van der Waals surface area contributed by atoms with Gasteiger partial charge in [-0.3, -0.25) is 4.79 Å². The van der Waals surface area contributed by atoms with Crippen LogP contribution in [0.4, 0.5) is 0 Å². The van der Waals surface area contributed by atoms with Crippen LogP contribution in [-0.4, -0.2) is 31.9 Å². The summed E-state index contributed by atoms with van der Waals surface area (Å²) in [6, 6.07) is 20.1. The molecular formula is C20H21N5OS. The van der Waals surface area contributed by atoms with Gasteiger partial charge in [-0.2, -0.15) is 0 Å². The number of carbonyl (C=O) groups is 1. The highest BCUT2D eigenvalue weighted by Gasteiger charge is 2.16. The van der Waals surface area contributed by atoms with E-state index in [1.165, 1.54) is 17.3 Å². The highest BCUT2D eigenvalue weighted by Crippen LogP contribution is 2.19. The summed E-state index contributed by atoms with van der Waals surface area (Å²) in [4.78, 5) is 12.6. The SMILES string of the molecule is C=CCn1nnnc1SCC(=O)NC(Cc1ccccc1)c1ccccc1. The quantitative estimate of drug-likeness (QED) is 0.457. The van der Waals surface area contributed by atoms with E-state index >= 15 is 0 Å². The molecule has 1 atom stereocenters. The third-order valence-corrected chi connectivity index (χ3v) is 4.91. The molecule has 1 aromatic heterocycles. The summed E-state index contributed by atoms with van der Waals surface area (Å²) in [5.74, 6) is 0.188. The lowest BCUT2D eigenvalue weighted by atomic mass is 9.99. The van der Waals surface area contributed by atoms with Crippen molar-refractivity contribution in [1.29, 1.82) is 0 Å². The van der Waals surface area contributed by atoms with Crippen molar-refractivity contribution in [2.24, 2.45) is 0 Å². The lowest BCUT2D eigenvalue weighted by Crippen LogP contribution is -2.31. The van der Waals surface area contributed by atoms with Crippen LogP contribution in [0.25, 0.3) is 0 Å². The number of aromatic nitrogens is 4. The second-order valence-electron chi connectivity index (χ2n) is 5.94. The van der Waals surface area contributed by atoms with Gasteiger partial charge in [-0.15, -0.1) is 11.7 Å². The molecule has 0 aliphatic heterocycles. The molecule has 6 nitrogen and oxygen atoms in total. The molecule has 0 fully saturated rings. The number of hydrogen-bond acceptors (Lipinski definition) is 5. The summed E-state index contributed by atoms with van der Waals surface area (Å²) in [7, 11) is 0. The van der Waals surface area contributed by atoms with Crippen molar-refractivity contribution in [2.45, 2.75) is 24.2 Å². The van der Waals surface area contributed by atoms with Crippen LogP contribution in [0.1, 0.15) is 17.2 Å². The van der Waals surface area contributed by atoms with Gasteiger partial charge in [0.05, 0.1) is 18.3 Å². The number of rotatable bonds is 9. The van der Waals surface area contributed by atoms with E-state index in [2.05, 4.69) is 39.6 Å². The third-order valence-electron chi connectivity index (χ3n) is 3.95. The van der Waals surface area contributed by atoms with Crippen LogP contribution in [0.2, 0.25) is 0 Å². The molecule has 1 amide bonds. The first-order valence-electron chi connectivity index (χ1n) is 8.64. The molecule has 0 aliphatic carbocycles. The van der Waals surface area contributed by atoms with Gasteiger partial charge in [-0.05, 0) is 28.0 Å². The molecule has 0 aliphatic rings. The van der Waals surface area contributed by atoms with E-state index < -0.39 is 0 Å². The van der Waals surface area contributed by atoms with E-state index in [4.69, 9.17) is 0 Å². The zero-order valence-electron chi connectivity index (χ0n) is 14.9. The number of benzene rings is 2. The maximum atomic E-state index is 12.6. The van der Waals surface area contributed by atoms with Crippen molar-refractivity contribution >= 4 is 17.7 Å².